The molecule has 0 aliphatic carbocycles. The van der Waals surface area contributed by atoms with Gasteiger partial charge in [0.25, 0.3) is 0 Å². The van der Waals surface area contributed by atoms with E-state index in [-0.39, 0.29) is 17.6 Å². The SMILES string of the molecule is Fc1ccc(CO/N=C2/CNCCC2c2ccc(F)cc2)cc1. The van der Waals surface area contributed by atoms with Gasteiger partial charge in [0.1, 0.15) is 18.2 Å². The lowest BCUT2D eigenvalue weighted by atomic mass is 9.88. The maximum atomic E-state index is 13.1. The lowest BCUT2D eigenvalue weighted by Gasteiger charge is -2.24. The summed E-state index contributed by atoms with van der Waals surface area (Å²) in [7, 11) is 0. The van der Waals surface area contributed by atoms with E-state index in [9.17, 15) is 8.78 Å². The molecule has 3 nitrogen and oxygen atoms in total. The maximum absolute atomic E-state index is 13.1. The van der Waals surface area contributed by atoms with Crippen LogP contribution < -0.4 is 5.32 Å². The minimum atomic E-state index is -0.270. The number of hydrogen-bond acceptors (Lipinski definition) is 3. The van der Waals surface area contributed by atoms with E-state index in [1.54, 1.807) is 24.3 Å². The lowest BCUT2D eigenvalue weighted by molar-refractivity contribution is 0.128. The van der Waals surface area contributed by atoms with Crippen molar-refractivity contribution in [3.63, 3.8) is 0 Å². The first-order chi connectivity index (χ1) is 11.2. The second-order valence-electron chi connectivity index (χ2n) is 5.55. The fourth-order valence-electron chi connectivity index (χ4n) is 2.67. The van der Waals surface area contributed by atoms with Crippen LogP contribution in [0.3, 0.4) is 0 Å². The molecule has 0 aromatic heterocycles. The zero-order valence-corrected chi connectivity index (χ0v) is 12.6. The quantitative estimate of drug-likeness (QED) is 0.874. The standard InChI is InChI=1S/C18H18F2N2O/c19-15-5-1-13(2-6-15)12-23-22-18-11-21-10-9-17(18)14-3-7-16(20)8-4-14/h1-8,17,21H,9-12H2/b22-18-. The molecule has 1 N–H and O–H groups in total. The van der Waals surface area contributed by atoms with Crippen molar-refractivity contribution in [1.82, 2.24) is 5.32 Å². The van der Waals surface area contributed by atoms with Crippen LogP contribution >= 0.6 is 0 Å². The Balaban J connectivity index is 1.68. The minimum Gasteiger partial charge on any atom is -0.391 e. The highest BCUT2D eigenvalue weighted by Gasteiger charge is 2.22. The molecule has 0 spiro atoms. The van der Waals surface area contributed by atoms with Crippen LogP contribution in [-0.4, -0.2) is 18.8 Å². The Morgan fingerprint density at radius 2 is 1.65 bits per heavy atom. The summed E-state index contributed by atoms with van der Waals surface area (Å²) in [5.74, 6) is -0.383. The van der Waals surface area contributed by atoms with Gasteiger partial charge in [0.15, 0.2) is 0 Å². The summed E-state index contributed by atoms with van der Waals surface area (Å²) in [4.78, 5) is 5.43. The second kappa shape index (κ2) is 7.33. The number of piperidine rings is 1. The molecular weight excluding hydrogens is 298 g/mol. The normalized spacial score (nSPS) is 19.7. The molecule has 1 atom stereocenters. The Labute approximate surface area is 134 Å². The van der Waals surface area contributed by atoms with Crippen LogP contribution in [0.2, 0.25) is 0 Å². The van der Waals surface area contributed by atoms with E-state index in [0.29, 0.717) is 13.2 Å². The largest absolute Gasteiger partial charge is 0.391 e. The van der Waals surface area contributed by atoms with Crippen molar-refractivity contribution in [3.8, 4) is 0 Å². The molecule has 5 heteroatoms. The van der Waals surface area contributed by atoms with Gasteiger partial charge in [0.05, 0.1) is 5.71 Å². The summed E-state index contributed by atoms with van der Waals surface area (Å²) in [5.41, 5.74) is 2.79. The number of rotatable bonds is 4. The van der Waals surface area contributed by atoms with Gasteiger partial charge < -0.3 is 10.2 Å². The minimum absolute atomic E-state index is 0.130. The topological polar surface area (TPSA) is 33.6 Å². The summed E-state index contributed by atoms with van der Waals surface area (Å²) in [5, 5.41) is 7.52. The van der Waals surface area contributed by atoms with Crippen LogP contribution in [0, 0.1) is 11.6 Å². The molecule has 3 rings (SSSR count). The lowest BCUT2D eigenvalue weighted by Crippen LogP contribution is -2.36. The van der Waals surface area contributed by atoms with Crippen molar-refractivity contribution in [2.45, 2.75) is 18.9 Å². The van der Waals surface area contributed by atoms with Crippen molar-refractivity contribution in [2.75, 3.05) is 13.1 Å². The molecule has 1 aliphatic rings. The average molecular weight is 316 g/mol. The van der Waals surface area contributed by atoms with Gasteiger partial charge in [0.2, 0.25) is 0 Å². The summed E-state index contributed by atoms with van der Waals surface area (Å²) >= 11 is 0. The molecule has 0 bridgehead atoms. The molecule has 2 aromatic carbocycles. The van der Waals surface area contributed by atoms with E-state index < -0.39 is 0 Å². The molecule has 1 heterocycles. The molecular formula is C18H18F2N2O. The third-order valence-corrected chi connectivity index (χ3v) is 3.92. The van der Waals surface area contributed by atoms with E-state index in [1.165, 1.54) is 24.3 Å². The van der Waals surface area contributed by atoms with Gasteiger partial charge in [-0.1, -0.05) is 29.4 Å². The van der Waals surface area contributed by atoms with Gasteiger partial charge >= 0.3 is 0 Å². The first-order valence-electron chi connectivity index (χ1n) is 7.62. The third-order valence-electron chi connectivity index (χ3n) is 3.92. The average Bonchev–Trinajstić information content (AvgIpc) is 2.58. The number of nitrogens with one attached hydrogen (secondary N) is 1. The zero-order valence-electron chi connectivity index (χ0n) is 12.6. The highest BCUT2D eigenvalue weighted by molar-refractivity contribution is 5.93. The van der Waals surface area contributed by atoms with Crippen molar-refractivity contribution in [3.05, 3.63) is 71.3 Å². The predicted molar refractivity (Wildman–Crippen MR) is 85.3 cm³/mol. The van der Waals surface area contributed by atoms with Crippen LogP contribution in [0.25, 0.3) is 0 Å². The molecule has 1 aliphatic heterocycles. The second-order valence-corrected chi connectivity index (χ2v) is 5.55. The molecule has 120 valence electrons. The fraction of sp³-hybridized carbons (Fsp3) is 0.278. The molecule has 0 amide bonds. The molecule has 1 fully saturated rings. The van der Waals surface area contributed by atoms with E-state index in [1.807, 2.05) is 0 Å². The number of halogens is 2. The number of hydrogen-bond donors (Lipinski definition) is 1. The number of oxime groups is 1. The smallest absolute Gasteiger partial charge is 0.142 e. The summed E-state index contributed by atoms with van der Waals surface area (Å²) < 4.78 is 25.9. The number of nitrogens with zero attached hydrogens (tertiary/aromatic N) is 1. The highest BCUT2D eigenvalue weighted by atomic mass is 19.1. The van der Waals surface area contributed by atoms with E-state index >= 15 is 0 Å². The molecule has 2 aromatic rings. The van der Waals surface area contributed by atoms with Gasteiger partial charge in [-0.25, -0.2) is 8.78 Å². The van der Waals surface area contributed by atoms with Gasteiger partial charge in [-0.2, -0.15) is 0 Å². The van der Waals surface area contributed by atoms with Crippen LogP contribution in [0.5, 0.6) is 0 Å². The van der Waals surface area contributed by atoms with Crippen LogP contribution in [0.1, 0.15) is 23.5 Å². The Kier molecular flexibility index (Phi) is 4.98. The van der Waals surface area contributed by atoms with Gasteiger partial charge in [-0.3, -0.25) is 0 Å². The van der Waals surface area contributed by atoms with Gasteiger partial charge in [-0.05, 0) is 48.4 Å². The van der Waals surface area contributed by atoms with E-state index in [0.717, 1.165) is 29.8 Å². The fourth-order valence-corrected chi connectivity index (χ4v) is 2.67. The van der Waals surface area contributed by atoms with Crippen LogP contribution in [-0.2, 0) is 11.4 Å². The molecule has 23 heavy (non-hydrogen) atoms. The monoisotopic (exact) mass is 316 g/mol. The molecule has 1 unspecified atom stereocenters. The third kappa shape index (κ3) is 4.13. The predicted octanol–water partition coefficient (Wildman–Crippen LogP) is 3.61. The van der Waals surface area contributed by atoms with Crippen molar-refractivity contribution < 1.29 is 13.6 Å². The first kappa shape index (κ1) is 15.6. The summed E-state index contributed by atoms with van der Waals surface area (Å²) in [6.45, 7) is 1.82. The molecule has 0 saturated carbocycles. The molecule has 1 saturated heterocycles. The van der Waals surface area contributed by atoms with Crippen LogP contribution in [0.4, 0.5) is 8.78 Å². The van der Waals surface area contributed by atoms with Crippen molar-refractivity contribution in [2.24, 2.45) is 5.16 Å². The van der Waals surface area contributed by atoms with Crippen molar-refractivity contribution in [1.29, 1.82) is 0 Å². The zero-order chi connectivity index (χ0) is 16.1. The first-order valence-corrected chi connectivity index (χ1v) is 7.62. The Hall–Kier alpha value is -2.27. The highest BCUT2D eigenvalue weighted by Crippen LogP contribution is 2.24. The van der Waals surface area contributed by atoms with Gasteiger partial charge in [0, 0.05) is 12.5 Å². The van der Waals surface area contributed by atoms with Crippen molar-refractivity contribution >= 4 is 5.71 Å². The number of benzene rings is 2. The Morgan fingerprint density at radius 3 is 2.35 bits per heavy atom. The summed E-state index contributed by atoms with van der Waals surface area (Å²) in [6, 6.07) is 12.7. The van der Waals surface area contributed by atoms with Gasteiger partial charge in [-0.15, -0.1) is 0 Å². The van der Waals surface area contributed by atoms with E-state index in [2.05, 4.69) is 10.5 Å². The molecule has 0 radical (unpaired) electrons. The Morgan fingerprint density at radius 1 is 1.00 bits per heavy atom. The Bertz CT molecular complexity index is 668. The summed E-state index contributed by atoms with van der Waals surface area (Å²) in [6.07, 6.45) is 0.893. The van der Waals surface area contributed by atoms with Crippen LogP contribution in [0.15, 0.2) is 53.7 Å². The maximum Gasteiger partial charge on any atom is 0.142 e. The van der Waals surface area contributed by atoms with E-state index in [4.69, 9.17) is 4.84 Å².